The summed E-state index contributed by atoms with van der Waals surface area (Å²) in [6, 6.07) is 14.6. The van der Waals surface area contributed by atoms with Crippen molar-refractivity contribution < 1.29 is 9.47 Å². The lowest BCUT2D eigenvalue weighted by atomic mass is 10.1. The molecule has 1 heterocycles. The zero-order valence-electron chi connectivity index (χ0n) is 16.6. The van der Waals surface area contributed by atoms with Crippen molar-refractivity contribution in [1.82, 2.24) is 9.80 Å². The molecule has 0 radical (unpaired) electrons. The Hall–Kier alpha value is -2.30. The Bertz CT molecular complexity index is 750. The van der Waals surface area contributed by atoms with E-state index in [4.69, 9.17) is 9.47 Å². The minimum absolute atomic E-state index is 0.880. The summed E-state index contributed by atoms with van der Waals surface area (Å²) in [6.45, 7) is 8.32. The Morgan fingerprint density at radius 2 is 1.59 bits per heavy atom. The maximum Gasteiger partial charge on any atom is 0.129 e. The molecule has 0 spiro atoms. The average Bonchev–Trinajstić information content (AvgIpc) is 2.70. The Balaban J connectivity index is 1.51. The van der Waals surface area contributed by atoms with E-state index in [2.05, 4.69) is 65.3 Å². The SMILES string of the molecule is COc1ccc(CN2CCN(C/C=C/c3ccccc3)CC2)c(OC)c1C. The highest BCUT2D eigenvalue weighted by atomic mass is 16.5. The molecule has 144 valence electrons. The second-order valence-corrected chi connectivity index (χ2v) is 6.98. The third-order valence-electron chi connectivity index (χ3n) is 5.19. The van der Waals surface area contributed by atoms with Crippen LogP contribution in [0.25, 0.3) is 6.08 Å². The second kappa shape index (κ2) is 9.58. The van der Waals surface area contributed by atoms with Crippen LogP contribution in [0.1, 0.15) is 16.7 Å². The third-order valence-corrected chi connectivity index (χ3v) is 5.19. The van der Waals surface area contributed by atoms with E-state index in [1.807, 2.05) is 6.07 Å². The van der Waals surface area contributed by atoms with Crippen LogP contribution in [-0.4, -0.2) is 56.7 Å². The van der Waals surface area contributed by atoms with Gasteiger partial charge in [-0.25, -0.2) is 0 Å². The molecule has 0 aliphatic carbocycles. The van der Waals surface area contributed by atoms with Gasteiger partial charge >= 0.3 is 0 Å². The topological polar surface area (TPSA) is 24.9 Å². The number of piperazine rings is 1. The standard InChI is InChI=1S/C23H30N2O2/c1-19-22(26-2)12-11-21(23(19)27-3)18-25-16-14-24(15-17-25)13-7-10-20-8-5-4-6-9-20/h4-12H,13-18H2,1-3H3/b10-7+. The fraction of sp³-hybridized carbons (Fsp3) is 0.391. The highest BCUT2D eigenvalue weighted by Crippen LogP contribution is 2.32. The number of methoxy groups -OCH3 is 2. The van der Waals surface area contributed by atoms with Crippen LogP contribution < -0.4 is 9.47 Å². The Labute approximate surface area is 163 Å². The second-order valence-electron chi connectivity index (χ2n) is 6.98. The molecule has 3 rings (SSSR count). The van der Waals surface area contributed by atoms with Crippen LogP contribution in [0.5, 0.6) is 11.5 Å². The summed E-state index contributed by atoms with van der Waals surface area (Å²) in [4.78, 5) is 5.01. The summed E-state index contributed by atoms with van der Waals surface area (Å²) in [5, 5.41) is 0. The number of ether oxygens (including phenoxy) is 2. The van der Waals surface area contributed by atoms with Crippen LogP contribution in [0.3, 0.4) is 0 Å². The van der Waals surface area contributed by atoms with Crippen molar-refractivity contribution in [3.8, 4) is 11.5 Å². The van der Waals surface area contributed by atoms with Gasteiger partial charge in [-0.05, 0) is 18.6 Å². The maximum atomic E-state index is 5.65. The summed E-state index contributed by atoms with van der Waals surface area (Å²) < 4.78 is 11.1. The van der Waals surface area contributed by atoms with Crippen LogP contribution >= 0.6 is 0 Å². The van der Waals surface area contributed by atoms with E-state index in [-0.39, 0.29) is 0 Å². The molecule has 27 heavy (non-hydrogen) atoms. The third kappa shape index (κ3) is 5.12. The molecule has 1 fully saturated rings. The molecule has 4 nitrogen and oxygen atoms in total. The molecule has 0 amide bonds. The van der Waals surface area contributed by atoms with Gasteiger partial charge < -0.3 is 9.47 Å². The molecule has 0 bridgehead atoms. The fourth-order valence-electron chi connectivity index (χ4n) is 3.63. The average molecular weight is 367 g/mol. The first-order chi connectivity index (χ1) is 13.2. The van der Waals surface area contributed by atoms with Crippen molar-refractivity contribution in [2.45, 2.75) is 13.5 Å². The molecular formula is C23H30N2O2. The Morgan fingerprint density at radius 1 is 0.889 bits per heavy atom. The Morgan fingerprint density at radius 3 is 2.26 bits per heavy atom. The summed E-state index contributed by atoms with van der Waals surface area (Å²) in [5.74, 6) is 1.83. The van der Waals surface area contributed by atoms with Gasteiger partial charge in [0.05, 0.1) is 14.2 Å². The van der Waals surface area contributed by atoms with E-state index < -0.39 is 0 Å². The van der Waals surface area contributed by atoms with Gasteiger partial charge in [0, 0.05) is 50.4 Å². The highest BCUT2D eigenvalue weighted by Gasteiger charge is 2.19. The quantitative estimate of drug-likeness (QED) is 0.743. The van der Waals surface area contributed by atoms with Gasteiger partial charge in [-0.15, -0.1) is 0 Å². The lowest BCUT2D eigenvalue weighted by Crippen LogP contribution is -2.45. The van der Waals surface area contributed by atoms with Gasteiger partial charge in [0.1, 0.15) is 11.5 Å². The summed E-state index contributed by atoms with van der Waals surface area (Å²) in [6.07, 6.45) is 4.47. The molecule has 0 N–H and O–H groups in total. The van der Waals surface area contributed by atoms with E-state index in [9.17, 15) is 0 Å². The first-order valence-corrected chi connectivity index (χ1v) is 9.58. The molecule has 0 aromatic heterocycles. The molecule has 0 saturated carbocycles. The van der Waals surface area contributed by atoms with Gasteiger partial charge in [0.2, 0.25) is 0 Å². The number of hydrogen-bond donors (Lipinski definition) is 0. The minimum atomic E-state index is 0.880. The first kappa shape index (κ1) is 19.5. The largest absolute Gasteiger partial charge is 0.496 e. The predicted octanol–water partition coefficient (Wildman–Crippen LogP) is 3.84. The van der Waals surface area contributed by atoms with Crippen LogP contribution in [0.4, 0.5) is 0 Å². The van der Waals surface area contributed by atoms with Gasteiger partial charge in [-0.3, -0.25) is 9.80 Å². The smallest absolute Gasteiger partial charge is 0.129 e. The monoisotopic (exact) mass is 366 g/mol. The van der Waals surface area contributed by atoms with E-state index in [0.29, 0.717) is 0 Å². The normalized spacial score (nSPS) is 16.0. The van der Waals surface area contributed by atoms with Crippen LogP contribution in [0.2, 0.25) is 0 Å². The van der Waals surface area contributed by atoms with Crippen molar-refractivity contribution >= 4 is 6.08 Å². The lowest BCUT2D eigenvalue weighted by Gasteiger charge is -2.34. The first-order valence-electron chi connectivity index (χ1n) is 9.58. The highest BCUT2D eigenvalue weighted by molar-refractivity contribution is 5.49. The molecule has 1 saturated heterocycles. The van der Waals surface area contributed by atoms with Crippen molar-refractivity contribution in [2.75, 3.05) is 46.9 Å². The van der Waals surface area contributed by atoms with Crippen molar-refractivity contribution in [1.29, 1.82) is 0 Å². The zero-order chi connectivity index (χ0) is 19.1. The molecule has 1 aliphatic heterocycles. The van der Waals surface area contributed by atoms with E-state index >= 15 is 0 Å². The summed E-state index contributed by atoms with van der Waals surface area (Å²) >= 11 is 0. The van der Waals surface area contributed by atoms with E-state index in [1.165, 1.54) is 11.1 Å². The van der Waals surface area contributed by atoms with E-state index in [1.54, 1.807) is 14.2 Å². The van der Waals surface area contributed by atoms with Crippen LogP contribution in [0.15, 0.2) is 48.5 Å². The number of benzene rings is 2. The Kier molecular flexibility index (Phi) is 6.91. The molecule has 0 atom stereocenters. The van der Waals surface area contributed by atoms with Gasteiger partial charge in [-0.2, -0.15) is 0 Å². The minimum Gasteiger partial charge on any atom is -0.496 e. The predicted molar refractivity (Wildman–Crippen MR) is 111 cm³/mol. The maximum absolute atomic E-state index is 5.65. The zero-order valence-corrected chi connectivity index (χ0v) is 16.6. The molecular weight excluding hydrogens is 336 g/mol. The van der Waals surface area contributed by atoms with Crippen molar-refractivity contribution in [3.63, 3.8) is 0 Å². The van der Waals surface area contributed by atoms with Crippen LogP contribution in [-0.2, 0) is 6.54 Å². The van der Waals surface area contributed by atoms with E-state index in [0.717, 1.165) is 56.3 Å². The van der Waals surface area contributed by atoms with Gasteiger partial charge in [0.15, 0.2) is 0 Å². The number of nitrogens with zero attached hydrogens (tertiary/aromatic N) is 2. The van der Waals surface area contributed by atoms with Gasteiger partial charge in [-0.1, -0.05) is 48.6 Å². The van der Waals surface area contributed by atoms with Gasteiger partial charge in [0.25, 0.3) is 0 Å². The van der Waals surface area contributed by atoms with Crippen molar-refractivity contribution in [3.05, 3.63) is 65.2 Å². The molecule has 2 aromatic rings. The van der Waals surface area contributed by atoms with Crippen molar-refractivity contribution in [2.24, 2.45) is 0 Å². The van der Waals surface area contributed by atoms with Crippen LogP contribution in [0, 0.1) is 6.92 Å². The summed E-state index contributed by atoms with van der Waals surface area (Å²) in [5.41, 5.74) is 3.56. The molecule has 2 aromatic carbocycles. The molecule has 4 heteroatoms. The number of rotatable bonds is 7. The number of hydrogen-bond acceptors (Lipinski definition) is 4. The fourth-order valence-corrected chi connectivity index (χ4v) is 3.63. The summed E-state index contributed by atoms with van der Waals surface area (Å²) in [7, 11) is 3.44. The molecule has 0 unspecified atom stereocenters. The molecule has 1 aliphatic rings. The lowest BCUT2D eigenvalue weighted by molar-refractivity contribution is 0.136.